The van der Waals surface area contributed by atoms with Crippen LogP contribution in [0.1, 0.15) is 21.5 Å². The van der Waals surface area contributed by atoms with Crippen LogP contribution in [-0.2, 0) is 16.4 Å². The molecule has 0 aliphatic heterocycles. The van der Waals surface area contributed by atoms with Gasteiger partial charge in [0, 0.05) is 31.3 Å². The summed E-state index contributed by atoms with van der Waals surface area (Å²) in [6.07, 6.45) is 6.44. The summed E-state index contributed by atoms with van der Waals surface area (Å²) in [6.45, 7) is 1.91. The smallest absolute Gasteiger partial charge is 0.253 e. The fourth-order valence-corrected chi connectivity index (χ4v) is 4.65. The van der Waals surface area contributed by atoms with Crippen LogP contribution < -0.4 is 5.32 Å². The number of benzene rings is 1. The Kier molecular flexibility index (Phi) is 5.27. The number of fused-ring (bicyclic) bond motifs is 1. The van der Waals surface area contributed by atoms with E-state index < -0.39 is 9.84 Å². The van der Waals surface area contributed by atoms with E-state index in [-0.39, 0.29) is 22.4 Å². The van der Waals surface area contributed by atoms with E-state index in [0.717, 1.165) is 11.2 Å². The minimum atomic E-state index is -3.76. The maximum Gasteiger partial charge on any atom is 0.253 e. The highest BCUT2D eigenvalue weighted by Crippen LogP contribution is 2.24. The van der Waals surface area contributed by atoms with Gasteiger partial charge in [0.1, 0.15) is 5.65 Å². The molecule has 0 fully saturated rings. The number of aryl methyl sites for hydroxylation is 1. The molecular formula is C21H17ClN4O3S. The Bertz CT molecular complexity index is 1350. The van der Waals surface area contributed by atoms with Crippen LogP contribution in [0.15, 0.2) is 77.2 Å². The predicted octanol–water partition coefficient (Wildman–Crippen LogP) is 3.45. The number of hydrogen-bond acceptors (Lipinski definition) is 5. The molecule has 0 aliphatic rings. The highest BCUT2D eigenvalue weighted by Gasteiger charge is 2.21. The Hall–Kier alpha value is -3.23. The molecule has 4 rings (SSSR count). The van der Waals surface area contributed by atoms with E-state index in [1.807, 2.05) is 0 Å². The number of carbonyl (C=O) groups excluding carboxylic acids is 1. The first-order valence-electron chi connectivity index (χ1n) is 9.02. The number of imidazole rings is 1. The molecule has 0 saturated heterocycles. The number of nitrogens with zero attached hydrogens (tertiary/aromatic N) is 3. The van der Waals surface area contributed by atoms with Gasteiger partial charge < -0.3 is 9.72 Å². The summed E-state index contributed by atoms with van der Waals surface area (Å²) in [5.41, 5.74) is 2.51. The summed E-state index contributed by atoms with van der Waals surface area (Å²) >= 11 is 5.86. The molecule has 1 amide bonds. The first-order chi connectivity index (χ1) is 14.3. The van der Waals surface area contributed by atoms with Gasteiger partial charge in [0.15, 0.2) is 5.03 Å². The Morgan fingerprint density at radius 2 is 1.90 bits per heavy atom. The van der Waals surface area contributed by atoms with Gasteiger partial charge in [0.2, 0.25) is 9.84 Å². The Balaban J connectivity index is 1.47. The summed E-state index contributed by atoms with van der Waals surface area (Å²) < 4.78 is 27.4. The van der Waals surface area contributed by atoms with Crippen molar-refractivity contribution in [3.63, 3.8) is 0 Å². The van der Waals surface area contributed by atoms with Gasteiger partial charge in [-0.15, -0.1) is 0 Å². The fraction of sp³-hybridized carbons (Fsp3) is 0.0952. The average molecular weight is 441 g/mol. The van der Waals surface area contributed by atoms with Crippen LogP contribution in [0.3, 0.4) is 0 Å². The Labute approximate surface area is 178 Å². The molecule has 0 atom stereocenters. The summed E-state index contributed by atoms with van der Waals surface area (Å²) in [7, 11) is -3.76. The van der Waals surface area contributed by atoms with Crippen molar-refractivity contribution in [1.82, 2.24) is 19.7 Å². The van der Waals surface area contributed by atoms with E-state index in [1.165, 1.54) is 18.3 Å². The number of hydrogen-bond donors (Lipinski definition) is 1. The SMILES string of the molecule is Cc1cc(Cl)cnc1S(=O)(=O)c1ccc(CNC(=O)c2ccc3nccn3c2)cc1. The minimum absolute atomic E-state index is 0.0251. The minimum Gasteiger partial charge on any atom is -0.348 e. The van der Waals surface area contributed by atoms with Crippen LogP contribution >= 0.6 is 11.6 Å². The molecule has 4 aromatic rings. The zero-order valence-corrected chi connectivity index (χ0v) is 17.5. The van der Waals surface area contributed by atoms with Gasteiger partial charge >= 0.3 is 0 Å². The third-order valence-electron chi connectivity index (χ3n) is 4.59. The zero-order valence-electron chi connectivity index (χ0n) is 15.9. The molecule has 0 aliphatic carbocycles. The van der Waals surface area contributed by atoms with Gasteiger partial charge in [-0.1, -0.05) is 23.7 Å². The Morgan fingerprint density at radius 3 is 2.63 bits per heavy atom. The molecule has 152 valence electrons. The monoisotopic (exact) mass is 440 g/mol. The topological polar surface area (TPSA) is 93.4 Å². The number of amides is 1. The van der Waals surface area contributed by atoms with Crippen molar-refractivity contribution >= 4 is 33.0 Å². The second-order valence-electron chi connectivity index (χ2n) is 6.72. The molecule has 7 nitrogen and oxygen atoms in total. The van der Waals surface area contributed by atoms with Gasteiger partial charge in [0.05, 0.1) is 15.5 Å². The molecule has 0 bridgehead atoms. The van der Waals surface area contributed by atoms with Crippen LogP contribution in [0.25, 0.3) is 5.65 Å². The van der Waals surface area contributed by atoms with Crippen molar-refractivity contribution in [3.05, 3.63) is 89.0 Å². The van der Waals surface area contributed by atoms with E-state index in [1.54, 1.807) is 60.2 Å². The molecule has 1 N–H and O–H groups in total. The van der Waals surface area contributed by atoms with E-state index in [4.69, 9.17) is 11.6 Å². The van der Waals surface area contributed by atoms with E-state index in [0.29, 0.717) is 16.1 Å². The van der Waals surface area contributed by atoms with Crippen LogP contribution in [0.2, 0.25) is 5.02 Å². The van der Waals surface area contributed by atoms with Gasteiger partial charge in [-0.2, -0.15) is 0 Å². The number of sulfone groups is 1. The first-order valence-corrected chi connectivity index (χ1v) is 10.9. The van der Waals surface area contributed by atoms with E-state index >= 15 is 0 Å². The van der Waals surface area contributed by atoms with Crippen molar-refractivity contribution in [2.45, 2.75) is 23.4 Å². The third-order valence-corrected chi connectivity index (χ3v) is 6.63. The van der Waals surface area contributed by atoms with Gasteiger partial charge in [-0.05, 0) is 48.4 Å². The van der Waals surface area contributed by atoms with Crippen LogP contribution in [0.5, 0.6) is 0 Å². The largest absolute Gasteiger partial charge is 0.348 e. The lowest BCUT2D eigenvalue weighted by molar-refractivity contribution is 0.0950. The lowest BCUT2D eigenvalue weighted by atomic mass is 10.2. The van der Waals surface area contributed by atoms with Crippen LogP contribution in [-0.4, -0.2) is 28.7 Å². The maximum atomic E-state index is 12.8. The lowest BCUT2D eigenvalue weighted by Crippen LogP contribution is -2.23. The van der Waals surface area contributed by atoms with E-state index in [2.05, 4.69) is 15.3 Å². The summed E-state index contributed by atoms with van der Waals surface area (Å²) in [6, 6.07) is 11.4. The molecule has 1 aromatic carbocycles. The number of rotatable bonds is 5. The molecular weight excluding hydrogens is 424 g/mol. The maximum absolute atomic E-state index is 12.8. The molecule has 3 heterocycles. The lowest BCUT2D eigenvalue weighted by Gasteiger charge is -2.09. The van der Waals surface area contributed by atoms with Gasteiger partial charge in [-0.3, -0.25) is 4.79 Å². The summed E-state index contributed by atoms with van der Waals surface area (Å²) in [5.74, 6) is -0.233. The fourth-order valence-electron chi connectivity index (χ4n) is 3.05. The van der Waals surface area contributed by atoms with Crippen molar-refractivity contribution in [2.24, 2.45) is 0 Å². The van der Waals surface area contributed by atoms with Crippen molar-refractivity contribution in [3.8, 4) is 0 Å². The molecule has 9 heteroatoms. The highest BCUT2D eigenvalue weighted by atomic mass is 35.5. The van der Waals surface area contributed by atoms with Gasteiger partial charge in [0.25, 0.3) is 5.91 Å². The van der Waals surface area contributed by atoms with E-state index in [9.17, 15) is 13.2 Å². The van der Waals surface area contributed by atoms with Crippen molar-refractivity contribution in [2.75, 3.05) is 0 Å². The molecule has 0 unspecified atom stereocenters. The summed E-state index contributed by atoms with van der Waals surface area (Å²) in [4.78, 5) is 20.6. The average Bonchev–Trinajstić information content (AvgIpc) is 3.20. The van der Waals surface area contributed by atoms with Crippen LogP contribution in [0, 0.1) is 6.92 Å². The summed E-state index contributed by atoms with van der Waals surface area (Å²) in [5, 5.41) is 3.18. The third kappa shape index (κ3) is 3.92. The Morgan fingerprint density at radius 1 is 1.13 bits per heavy atom. The number of pyridine rings is 2. The predicted molar refractivity (Wildman–Crippen MR) is 112 cm³/mol. The second kappa shape index (κ2) is 7.89. The number of aromatic nitrogens is 3. The molecule has 0 radical (unpaired) electrons. The number of carbonyl (C=O) groups is 1. The molecule has 3 aromatic heterocycles. The zero-order chi connectivity index (χ0) is 21.3. The molecule has 0 spiro atoms. The number of nitrogens with one attached hydrogen (secondary N) is 1. The normalized spacial score (nSPS) is 11.5. The quantitative estimate of drug-likeness (QED) is 0.513. The van der Waals surface area contributed by atoms with Crippen molar-refractivity contribution in [1.29, 1.82) is 0 Å². The number of halogens is 1. The first kappa shape index (κ1) is 20.1. The van der Waals surface area contributed by atoms with Gasteiger partial charge in [-0.25, -0.2) is 18.4 Å². The van der Waals surface area contributed by atoms with Crippen LogP contribution in [0.4, 0.5) is 0 Å². The molecule has 0 saturated carbocycles. The van der Waals surface area contributed by atoms with Crippen molar-refractivity contribution < 1.29 is 13.2 Å². The second-order valence-corrected chi connectivity index (χ2v) is 9.02. The highest BCUT2D eigenvalue weighted by molar-refractivity contribution is 7.91. The molecule has 30 heavy (non-hydrogen) atoms. The standard InChI is InChI=1S/C21H17ClN4O3S/c1-14-10-17(22)12-25-21(14)30(28,29)18-5-2-15(3-6-18)11-24-20(27)16-4-7-19-23-8-9-26(19)13-16/h2-10,12-13H,11H2,1H3,(H,24,27).